The van der Waals surface area contributed by atoms with Crippen LogP contribution in [0.15, 0.2) is 28.8 Å². The van der Waals surface area contributed by atoms with Crippen molar-refractivity contribution in [1.29, 1.82) is 0 Å². The fraction of sp³-hybridized carbons (Fsp3) is 0.350. The number of carbonyl (C=O) groups excluding carboxylic acids is 1. The number of aromatic nitrogens is 2. The second-order valence-electron chi connectivity index (χ2n) is 7.25. The number of hydrogen-bond acceptors (Lipinski definition) is 8. The first-order chi connectivity index (χ1) is 15.7. The van der Waals surface area contributed by atoms with Gasteiger partial charge in [-0.3, -0.25) is 9.59 Å². The van der Waals surface area contributed by atoms with E-state index in [4.69, 9.17) is 16.2 Å². The lowest BCUT2D eigenvalue weighted by Crippen LogP contribution is -2.51. The minimum atomic E-state index is -2.97. The second-order valence-corrected chi connectivity index (χ2v) is 7.25. The number of anilines is 2. The van der Waals surface area contributed by atoms with Gasteiger partial charge in [-0.1, -0.05) is 18.2 Å². The van der Waals surface area contributed by atoms with Crippen LogP contribution in [0.5, 0.6) is 0 Å². The highest BCUT2D eigenvalue weighted by molar-refractivity contribution is 5.85. The number of halogens is 3. The number of carbonyl (C=O) groups is 1. The molecule has 1 aliphatic rings. The van der Waals surface area contributed by atoms with E-state index in [0.717, 1.165) is 10.7 Å². The van der Waals surface area contributed by atoms with Crippen LogP contribution in [0.2, 0.25) is 0 Å². The maximum Gasteiger partial charge on any atom is 0.290 e. The molecule has 1 aliphatic heterocycles. The standard InChI is InChI=1S/C20H24F3N7O3/c1-30-20(32)16(25)12(7-14(24)28-19(31)13-9-33-6-5-26-13)18(29-30)27-8-10-3-2-4-11(15(10)21)17(22)23/h2-4,7,13,17,26H,5-6,8-9,24-25H2,1H3,(H,27,29)(H,28,31)/b14-7+. The Morgan fingerprint density at radius 3 is 2.88 bits per heavy atom. The highest BCUT2D eigenvalue weighted by Gasteiger charge is 2.22. The molecule has 0 bridgehead atoms. The van der Waals surface area contributed by atoms with Crippen molar-refractivity contribution in [3.05, 3.63) is 56.9 Å². The highest BCUT2D eigenvalue weighted by atomic mass is 19.3. The van der Waals surface area contributed by atoms with Crippen molar-refractivity contribution in [2.24, 2.45) is 12.8 Å². The Kier molecular flexibility index (Phi) is 7.55. The summed E-state index contributed by atoms with van der Waals surface area (Å²) in [5.41, 5.74) is 10.3. The molecule has 1 aromatic heterocycles. The molecule has 1 saturated heterocycles. The lowest BCUT2D eigenvalue weighted by molar-refractivity contribution is -0.125. The summed E-state index contributed by atoms with van der Waals surface area (Å²) < 4.78 is 46.5. The fourth-order valence-corrected chi connectivity index (χ4v) is 3.18. The van der Waals surface area contributed by atoms with Gasteiger partial charge in [0.15, 0.2) is 5.82 Å². The fourth-order valence-electron chi connectivity index (χ4n) is 3.18. The molecule has 1 atom stereocenters. The van der Waals surface area contributed by atoms with Crippen LogP contribution in [0.25, 0.3) is 6.08 Å². The number of aryl methyl sites for hydroxylation is 1. The third-order valence-electron chi connectivity index (χ3n) is 4.92. The molecule has 0 spiro atoms. The molecule has 1 fully saturated rings. The van der Waals surface area contributed by atoms with Gasteiger partial charge in [-0.15, -0.1) is 0 Å². The molecule has 0 aliphatic carbocycles. The van der Waals surface area contributed by atoms with E-state index in [1.807, 2.05) is 0 Å². The molecule has 2 aromatic rings. The van der Waals surface area contributed by atoms with E-state index in [-0.39, 0.29) is 41.6 Å². The number of benzene rings is 1. The SMILES string of the molecule is Cn1nc(NCc2cccc(C(F)F)c2F)c(/C=C(\N)NC(=O)C2COCCN2)c(N)c1=O. The van der Waals surface area contributed by atoms with Crippen molar-refractivity contribution < 1.29 is 22.7 Å². The summed E-state index contributed by atoms with van der Waals surface area (Å²) in [7, 11) is 1.36. The van der Waals surface area contributed by atoms with Crippen molar-refractivity contribution in [3.8, 4) is 0 Å². The van der Waals surface area contributed by atoms with Crippen molar-refractivity contribution >= 4 is 23.5 Å². The average Bonchev–Trinajstić information content (AvgIpc) is 2.79. The predicted octanol–water partition coefficient (Wildman–Crippen LogP) is 0.413. The van der Waals surface area contributed by atoms with E-state index in [1.54, 1.807) is 0 Å². The number of nitrogens with two attached hydrogens (primary N) is 2. The maximum atomic E-state index is 14.4. The minimum absolute atomic E-state index is 0.0350. The molecule has 1 amide bonds. The van der Waals surface area contributed by atoms with Crippen molar-refractivity contribution in [2.45, 2.75) is 19.0 Å². The predicted molar refractivity (Wildman–Crippen MR) is 115 cm³/mol. The zero-order valence-electron chi connectivity index (χ0n) is 17.7. The minimum Gasteiger partial charge on any atom is -0.394 e. The van der Waals surface area contributed by atoms with E-state index in [9.17, 15) is 22.8 Å². The van der Waals surface area contributed by atoms with Gasteiger partial charge < -0.3 is 32.2 Å². The number of nitrogens with zero attached hydrogens (tertiary/aromatic N) is 2. The van der Waals surface area contributed by atoms with Gasteiger partial charge in [0.1, 0.15) is 23.4 Å². The van der Waals surface area contributed by atoms with Crippen molar-refractivity contribution in [1.82, 2.24) is 20.4 Å². The molecule has 2 heterocycles. The Bertz CT molecular complexity index is 1110. The van der Waals surface area contributed by atoms with Gasteiger partial charge in [-0.25, -0.2) is 17.9 Å². The third kappa shape index (κ3) is 5.62. The van der Waals surface area contributed by atoms with Crippen molar-refractivity contribution in [2.75, 3.05) is 30.8 Å². The average molecular weight is 467 g/mol. The van der Waals surface area contributed by atoms with Gasteiger partial charge in [0.25, 0.3) is 12.0 Å². The summed E-state index contributed by atoms with van der Waals surface area (Å²) >= 11 is 0. The number of alkyl halides is 2. The number of amides is 1. The summed E-state index contributed by atoms with van der Waals surface area (Å²) in [5, 5.41) is 12.3. The van der Waals surface area contributed by atoms with E-state index in [0.29, 0.717) is 13.2 Å². The Morgan fingerprint density at radius 1 is 1.45 bits per heavy atom. The van der Waals surface area contributed by atoms with Gasteiger partial charge in [-0.05, 0) is 6.08 Å². The second kappa shape index (κ2) is 10.4. The molecule has 1 aromatic carbocycles. The van der Waals surface area contributed by atoms with Crippen LogP contribution in [0.1, 0.15) is 23.1 Å². The Hall–Kier alpha value is -3.58. The lowest BCUT2D eigenvalue weighted by atomic mass is 10.1. The summed E-state index contributed by atoms with van der Waals surface area (Å²) in [6, 6.07) is 3.03. The van der Waals surface area contributed by atoms with Gasteiger partial charge in [-0.2, -0.15) is 5.10 Å². The molecular formula is C20H24F3N7O3. The molecule has 3 rings (SSSR count). The van der Waals surface area contributed by atoms with Crippen LogP contribution in [-0.4, -0.2) is 41.5 Å². The number of morpholine rings is 1. The van der Waals surface area contributed by atoms with E-state index in [1.165, 1.54) is 25.3 Å². The lowest BCUT2D eigenvalue weighted by Gasteiger charge is -2.23. The molecule has 178 valence electrons. The Morgan fingerprint density at radius 2 is 2.21 bits per heavy atom. The molecule has 0 saturated carbocycles. The van der Waals surface area contributed by atoms with Crippen LogP contribution >= 0.6 is 0 Å². The number of rotatable bonds is 7. The first kappa shape index (κ1) is 24.1. The first-order valence-corrected chi connectivity index (χ1v) is 9.94. The maximum absolute atomic E-state index is 14.4. The monoisotopic (exact) mass is 467 g/mol. The van der Waals surface area contributed by atoms with E-state index >= 15 is 0 Å². The molecule has 13 heteroatoms. The van der Waals surface area contributed by atoms with Crippen LogP contribution in [0.4, 0.5) is 24.7 Å². The van der Waals surface area contributed by atoms with Gasteiger partial charge in [0.05, 0.1) is 24.3 Å². The van der Waals surface area contributed by atoms with Gasteiger partial charge in [0.2, 0.25) is 5.91 Å². The number of nitrogen functional groups attached to an aromatic ring is 1. The van der Waals surface area contributed by atoms with Gasteiger partial charge in [0, 0.05) is 25.7 Å². The quantitative estimate of drug-likeness (QED) is 0.393. The number of hydrogen-bond donors (Lipinski definition) is 5. The molecular weight excluding hydrogens is 443 g/mol. The van der Waals surface area contributed by atoms with E-state index in [2.05, 4.69) is 21.0 Å². The zero-order chi connectivity index (χ0) is 24.1. The molecule has 33 heavy (non-hydrogen) atoms. The Balaban J connectivity index is 1.86. The molecule has 7 N–H and O–H groups in total. The van der Waals surface area contributed by atoms with Gasteiger partial charge >= 0.3 is 0 Å². The number of nitrogens with one attached hydrogen (secondary N) is 3. The van der Waals surface area contributed by atoms with Crippen LogP contribution in [-0.2, 0) is 23.1 Å². The zero-order valence-corrected chi connectivity index (χ0v) is 17.7. The summed E-state index contributed by atoms with van der Waals surface area (Å²) in [5.74, 6) is -1.58. The summed E-state index contributed by atoms with van der Waals surface area (Å²) in [6.45, 7) is 0.934. The van der Waals surface area contributed by atoms with Crippen LogP contribution < -0.4 is 33.0 Å². The van der Waals surface area contributed by atoms with Crippen molar-refractivity contribution in [3.63, 3.8) is 0 Å². The number of ether oxygens (including phenoxy) is 1. The first-order valence-electron chi connectivity index (χ1n) is 9.94. The summed E-state index contributed by atoms with van der Waals surface area (Å²) in [6.07, 6.45) is -1.73. The van der Waals surface area contributed by atoms with Crippen LogP contribution in [0.3, 0.4) is 0 Å². The molecule has 10 nitrogen and oxygen atoms in total. The van der Waals surface area contributed by atoms with Crippen LogP contribution in [0, 0.1) is 5.82 Å². The van der Waals surface area contributed by atoms with E-state index < -0.39 is 35.3 Å². The smallest absolute Gasteiger partial charge is 0.290 e. The molecule has 0 radical (unpaired) electrons. The topological polar surface area (TPSA) is 149 Å². The highest BCUT2D eigenvalue weighted by Crippen LogP contribution is 2.25. The normalized spacial score (nSPS) is 16.6. The largest absolute Gasteiger partial charge is 0.394 e. The molecule has 1 unspecified atom stereocenters. The Labute approximate surface area is 186 Å². The third-order valence-corrected chi connectivity index (χ3v) is 4.92. The summed E-state index contributed by atoms with van der Waals surface area (Å²) in [4.78, 5) is 24.6.